The van der Waals surface area contributed by atoms with Gasteiger partial charge in [0.05, 0.1) is 6.61 Å². The minimum Gasteiger partial charge on any atom is -0.298 e. The molecule has 0 aromatic rings. The Hall–Kier alpha value is -0.570. The fourth-order valence-corrected chi connectivity index (χ4v) is 0.637. The molecule has 0 aliphatic rings. The van der Waals surface area contributed by atoms with Crippen LogP contribution in [-0.4, -0.2) is 12.6 Å². The monoisotopic (exact) mass is 174 g/mol. The smallest absolute Gasteiger partial charge is 0.298 e. The Labute approximate surface area is 74.0 Å². The fourth-order valence-electron chi connectivity index (χ4n) is 0.637. The first-order valence-corrected chi connectivity index (χ1v) is 4.49. The van der Waals surface area contributed by atoms with Crippen LogP contribution in [0.25, 0.3) is 0 Å². The summed E-state index contributed by atoms with van der Waals surface area (Å²) < 4.78 is 0. The quantitative estimate of drug-likeness (QED) is 0.352. The highest BCUT2D eigenvalue weighted by molar-refractivity contribution is 5.68. The molecule has 0 aliphatic carbocycles. The van der Waals surface area contributed by atoms with E-state index in [1.807, 2.05) is 6.92 Å². The van der Waals surface area contributed by atoms with Crippen molar-refractivity contribution in [1.82, 2.24) is 0 Å². The van der Waals surface area contributed by atoms with Crippen molar-refractivity contribution in [3.8, 4) is 0 Å². The van der Waals surface area contributed by atoms with Crippen LogP contribution < -0.4 is 0 Å². The maximum atomic E-state index is 10.7. The van der Waals surface area contributed by atoms with Gasteiger partial charge in [0, 0.05) is 6.42 Å². The van der Waals surface area contributed by atoms with Gasteiger partial charge in [0.25, 0.3) is 0 Å². The maximum Gasteiger partial charge on any atom is 0.342 e. The van der Waals surface area contributed by atoms with Gasteiger partial charge in [-0.05, 0) is 18.8 Å². The van der Waals surface area contributed by atoms with Gasteiger partial charge >= 0.3 is 5.97 Å². The standard InChI is InChI=1S/C9H18O3/c1-4-5-9(10)12-11-7-6-8(2)3/h8H,4-7H2,1-3H3. The minimum absolute atomic E-state index is 0.277. The Morgan fingerprint density at radius 1 is 1.42 bits per heavy atom. The highest BCUT2D eigenvalue weighted by atomic mass is 17.2. The molecule has 3 nitrogen and oxygen atoms in total. The van der Waals surface area contributed by atoms with Crippen LogP contribution in [-0.2, 0) is 14.6 Å². The largest absolute Gasteiger partial charge is 0.342 e. The lowest BCUT2D eigenvalue weighted by Crippen LogP contribution is -2.06. The SMILES string of the molecule is CCCC(=O)OOCCC(C)C. The molecule has 0 amide bonds. The molecule has 0 fully saturated rings. The van der Waals surface area contributed by atoms with Gasteiger partial charge in [-0.15, -0.1) is 0 Å². The Morgan fingerprint density at radius 3 is 2.58 bits per heavy atom. The second-order valence-corrected chi connectivity index (χ2v) is 3.21. The lowest BCUT2D eigenvalue weighted by Gasteiger charge is -2.04. The predicted octanol–water partition coefficient (Wildman–Crippen LogP) is 2.31. The average Bonchev–Trinajstić information content (AvgIpc) is 1.98. The highest BCUT2D eigenvalue weighted by Gasteiger charge is 2.01. The Morgan fingerprint density at radius 2 is 2.08 bits per heavy atom. The van der Waals surface area contributed by atoms with Crippen LogP contribution in [0.5, 0.6) is 0 Å². The zero-order valence-electron chi connectivity index (χ0n) is 8.13. The first-order valence-electron chi connectivity index (χ1n) is 4.49. The average molecular weight is 174 g/mol. The second-order valence-electron chi connectivity index (χ2n) is 3.21. The van der Waals surface area contributed by atoms with E-state index in [1.54, 1.807) is 0 Å². The highest BCUT2D eigenvalue weighted by Crippen LogP contribution is 2.00. The first kappa shape index (κ1) is 11.4. The molecule has 0 aromatic carbocycles. The summed E-state index contributed by atoms with van der Waals surface area (Å²) in [5.41, 5.74) is 0. The van der Waals surface area contributed by atoms with Crippen molar-refractivity contribution in [1.29, 1.82) is 0 Å². The summed E-state index contributed by atoms with van der Waals surface area (Å²) in [7, 11) is 0. The normalized spacial score (nSPS) is 10.3. The summed E-state index contributed by atoms with van der Waals surface area (Å²) in [5.74, 6) is 0.302. The van der Waals surface area contributed by atoms with E-state index in [4.69, 9.17) is 4.89 Å². The molecule has 0 N–H and O–H groups in total. The van der Waals surface area contributed by atoms with E-state index < -0.39 is 0 Å². The summed E-state index contributed by atoms with van der Waals surface area (Å²) in [4.78, 5) is 19.9. The molecule has 72 valence electrons. The number of rotatable bonds is 6. The molecule has 0 aliphatic heterocycles. The van der Waals surface area contributed by atoms with Gasteiger partial charge in [0.2, 0.25) is 0 Å². The Kier molecular flexibility index (Phi) is 6.76. The van der Waals surface area contributed by atoms with E-state index in [-0.39, 0.29) is 5.97 Å². The van der Waals surface area contributed by atoms with Crippen molar-refractivity contribution in [2.45, 2.75) is 40.0 Å². The van der Waals surface area contributed by atoms with Gasteiger partial charge in [0.15, 0.2) is 0 Å². The molecule has 0 rings (SSSR count). The molecule has 0 atom stereocenters. The summed E-state index contributed by atoms with van der Waals surface area (Å²) in [5, 5.41) is 0. The lowest BCUT2D eigenvalue weighted by molar-refractivity contribution is -0.273. The Balaban J connectivity index is 3.14. The molecule has 0 spiro atoms. The fraction of sp³-hybridized carbons (Fsp3) is 0.889. The van der Waals surface area contributed by atoms with Crippen molar-refractivity contribution in [2.75, 3.05) is 6.61 Å². The number of carbonyl (C=O) groups excluding carboxylic acids is 1. The van der Waals surface area contributed by atoms with Gasteiger partial charge in [-0.3, -0.25) is 4.89 Å². The van der Waals surface area contributed by atoms with E-state index in [1.165, 1.54) is 0 Å². The van der Waals surface area contributed by atoms with Gasteiger partial charge in [0.1, 0.15) is 0 Å². The molecular weight excluding hydrogens is 156 g/mol. The van der Waals surface area contributed by atoms with Crippen molar-refractivity contribution < 1.29 is 14.6 Å². The zero-order valence-corrected chi connectivity index (χ0v) is 8.13. The zero-order chi connectivity index (χ0) is 9.40. The van der Waals surface area contributed by atoms with Crippen LogP contribution in [0.4, 0.5) is 0 Å². The van der Waals surface area contributed by atoms with Crippen molar-refractivity contribution in [3.05, 3.63) is 0 Å². The Bertz CT molecular complexity index is 121. The van der Waals surface area contributed by atoms with E-state index in [0.717, 1.165) is 12.8 Å². The molecule has 0 aromatic heterocycles. The number of hydrogen-bond donors (Lipinski definition) is 0. The third-order valence-electron chi connectivity index (χ3n) is 1.38. The van der Waals surface area contributed by atoms with E-state index >= 15 is 0 Å². The molecule has 0 bridgehead atoms. The van der Waals surface area contributed by atoms with Crippen LogP contribution in [0.15, 0.2) is 0 Å². The van der Waals surface area contributed by atoms with Gasteiger partial charge in [-0.2, -0.15) is 4.89 Å². The summed E-state index contributed by atoms with van der Waals surface area (Å²) in [6.07, 6.45) is 2.15. The van der Waals surface area contributed by atoms with E-state index in [0.29, 0.717) is 18.9 Å². The molecule has 0 saturated carbocycles. The summed E-state index contributed by atoms with van der Waals surface area (Å²) in [6, 6.07) is 0. The number of carbonyl (C=O) groups is 1. The maximum absolute atomic E-state index is 10.7. The van der Waals surface area contributed by atoms with Gasteiger partial charge in [-0.25, -0.2) is 4.79 Å². The van der Waals surface area contributed by atoms with Crippen LogP contribution in [0.2, 0.25) is 0 Å². The second kappa shape index (κ2) is 7.10. The van der Waals surface area contributed by atoms with Gasteiger partial charge in [-0.1, -0.05) is 20.8 Å². The minimum atomic E-state index is -0.277. The summed E-state index contributed by atoms with van der Waals surface area (Å²) >= 11 is 0. The van der Waals surface area contributed by atoms with Crippen molar-refractivity contribution >= 4 is 5.97 Å². The molecule has 0 saturated heterocycles. The molecule has 12 heavy (non-hydrogen) atoms. The van der Waals surface area contributed by atoms with Crippen LogP contribution in [0.3, 0.4) is 0 Å². The van der Waals surface area contributed by atoms with Crippen molar-refractivity contribution in [2.24, 2.45) is 5.92 Å². The molecule has 0 unspecified atom stereocenters. The van der Waals surface area contributed by atoms with E-state index in [2.05, 4.69) is 18.7 Å². The third-order valence-corrected chi connectivity index (χ3v) is 1.38. The lowest BCUT2D eigenvalue weighted by atomic mass is 10.1. The topological polar surface area (TPSA) is 35.5 Å². The van der Waals surface area contributed by atoms with Crippen LogP contribution in [0, 0.1) is 5.92 Å². The predicted molar refractivity (Wildman–Crippen MR) is 46.4 cm³/mol. The number of hydrogen-bond acceptors (Lipinski definition) is 3. The van der Waals surface area contributed by atoms with Crippen molar-refractivity contribution in [3.63, 3.8) is 0 Å². The first-order chi connectivity index (χ1) is 5.66. The molecule has 3 heteroatoms. The molecular formula is C9H18O3. The summed E-state index contributed by atoms with van der Waals surface area (Å²) in [6.45, 7) is 6.61. The third kappa shape index (κ3) is 7.54. The molecule has 0 radical (unpaired) electrons. The van der Waals surface area contributed by atoms with Crippen LogP contribution >= 0.6 is 0 Å². The van der Waals surface area contributed by atoms with Crippen LogP contribution in [0.1, 0.15) is 40.0 Å². The molecule has 0 heterocycles. The van der Waals surface area contributed by atoms with Gasteiger partial charge < -0.3 is 0 Å². The van der Waals surface area contributed by atoms with E-state index in [9.17, 15) is 4.79 Å².